The van der Waals surface area contributed by atoms with E-state index in [1.165, 1.54) is 0 Å². The molecule has 4 heteroatoms. The predicted octanol–water partition coefficient (Wildman–Crippen LogP) is 0.699. The van der Waals surface area contributed by atoms with Crippen molar-refractivity contribution in [2.75, 3.05) is 0 Å². The maximum Gasteiger partial charge on any atom is 0.237 e. The minimum Gasteiger partial charge on any atom is -0.345 e. The molecule has 0 spiro atoms. The van der Waals surface area contributed by atoms with Crippen LogP contribution in [0, 0.1) is 11.8 Å². The van der Waals surface area contributed by atoms with Crippen LogP contribution in [0.15, 0.2) is 0 Å². The third-order valence-electron chi connectivity index (χ3n) is 2.73. The average molecular weight is 214 g/mol. The lowest BCUT2D eigenvalue weighted by Crippen LogP contribution is -2.50. The molecule has 0 aliphatic rings. The number of nitrogens with one attached hydrogen (secondary N) is 1. The Morgan fingerprint density at radius 2 is 1.93 bits per heavy atom. The second-order valence-electron chi connectivity index (χ2n) is 4.33. The number of carbonyl (C=O) groups excluding carboxylic acids is 2. The number of hydrogen-bond donors (Lipinski definition) is 2. The van der Waals surface area contributed by atoms with Crippen molar-refractivity contribution < 1.29 is 9.59 Å². The zero-order valence-electron chi connectivity index (χ0n) is 9.99. The van der Waals surface area contributed by atoms with Crippen LogP contribution in [0.25, 0.3) is 0 Å². The lowest BCUT2D eigenvalue weighted by molar-refractivity contribution is -0.126. The van der Waals surface area contributed by atoms with Crippen molar-refractivity contribution in [3.63, 3.8) is 0 Å². The van der Waals surface area contributed by atoms with E-state index in [4.69, 9.17) is 5.73 Å². The van der Waals surface area contributed by atoms with Gasteiger partial charge in [-0.15, -0.1) is 0 Å². The van der Waals surface area contributed by atoms with Gasteiger partial charge in [0, 0.05) is 0 Å². The van der Waals surface area contributed by atoms with E-state index in [0.717, 1.165) is 12.7 Å². The molecule has 0 saturated heterocycles. The van der Waals surface area contributed by atoms with Crippen LogP contribution in [0.2, 0.25) is 0 Å². The van der Waals surface area contributed by atoms with Gasteiger partial charge < -0.3 is 15.8 Å². The highest BCUT2D eigenvalue weighted by Crippen LogP contribution is 2.06. The molecule has 3 atom stereocenters. The summed E-state index contributed by atoms with van der Waals surface area (Å²) in [7, 11) is 0. The topological polar surface area (TPSA) is 72.2 Å². The first kappa shape index (κ1) is 14.1. The lowest BCUT2D eigenvalue weighted by Gasteiger charge is -2.22. The average Bonchev–Trinajstić information content (AvgIpc) is 2.22. The number of aldehydes is 1. The highest BCUT2D eigenvalue weighted by molar-refractivity contribution is 5.84. The van der Waals surface area contributed by atoms with Gasteiger partial charge in [0.2, 0.25) is 5.91 Å². The van der Waals surface area contributed by atoms with E-state index in [1.54, 1.807) is 0 Å². The molecule has 0 bridgehead atoms. The maximum absolute atomic E-state index is 11.6. The van der Waals surface area contributed by atoms with Gasteiger partial charge in [0.15, 0.2) is 0 Å². The van der Waals surface area contributed by atoms with Gasteiger partial charge in [-0.25, -0.2) is 0 Å². The maximum atomic E-state index is 11.6. The summed E-state index contributed by atoms with van der Waals surface area (Å²) in [5.74, 6) is -0.0183. The monoisotopic (exact) mass is 214 g/mol. The molecule has 0 aromatic heterocycles. The molecule has 88 valence electrons. The van der Waals surface area contributed by atoms with Crippen LogP contribution in [0.5, 0.6) is 0 Å². The summed E-state index contributed by atoms with van der Waals surface area (Å²) in [6.45, 7) is 7.68. The van der Waals surface area contributed by atoms with E-state index in [-0.39, 0.29) is 17.7 Å². The highest BCUT2D eigenvalue weighted by atomic mass is 16.2. The fourth-order valence-corrected chi connectivity index (χ4v) is 1.13. The van der Waals surface area contributed by atoms with Crippen LogP contribution in [0.4, 0.5) is 0 Å². The molecule has 0 aromatic carbocycles. The highest BCUT2D eigenvalue weighted by Gasteiger charge is 2.23. The quantitative estimate of drug-likeness (QED) is 0.639. The summed E-state index contributed by atoms with van der Waals surface area (Å²) in [6, 6.07) is -0.969. The van der Waals surface area contributed by atoms with E-state index in [9.17, 15) is 9.59 Å². The summed E-state index contributed by atoms with van der Waals surface area (Å²) in [5.41, 5.74) is 5.75. The standard InChI is InChI=1S/C11H22N2O2/c1-5-8(4)10(12)11(15)13-9(6-14)7(2)3/h6-10H,5,12H2,1-4H3,(H,13,15)/t8?,9-,10?/m1/s1. The summed E-state index contributed by atoms with van der Waals surface area (Å²) in [6.07, 6.45) is 1.61. The number of amides is 1. The van der Waals surface area contributed by atoms with Crippen LogP contribution in [0.3, 0.4) is 0 Å². The van der Waals surface area contributed by atoms with Crippen molar-refractivity contribution in [3.8, 4) is 0 Å². The minimum atomic E-state index is -0.531. The molecule has 0 saturated carbocycles. The fraction of sp³-hybridized carbons (Fsp3) is 0.818. The van der Waals surface area contributed by atoms with Crippen molar-refractivity contribution in [1.29, 1.82) is 0 Å². The Balaban J connectivity index is 4.28. The molecule has 0 rings (SSSR count). The lowest BCUT2D eigenvalue weighted by atomic mass is 9.98. The zero-order valence-corrected chi connectivity index (χ0v) is 9.99. The molecule has 0 heterocycles. The van der Waals surface area contributed by atoms with Crippen LogP contribution >= 0.6 is 0 Å². The van der Waals surface area contributed by atoms with Crippen LogP contribution in [0.1, 0.15) is 34.1 Å². The van der Waals surface area contributed by atoms with Gasteiger partial charge in [0.05, 0.1) is 12.1 Å². The molecule has 3 N–H and O–H groups in total. The van der Waals surface area contributed by atoms with Crippen LogP contribution in [-0.4, -0.2) is 24.3 Å². The van der Waals surface area contributed by atoms with E-state index < -0.39 is 12.1 Å². The molecule has 0 radical (unpaired) electrons. The van der Waals surface area contributed by atoms with Crippen molar-refractivity contribution in [2.45, 2.75) is 46.2 Å². The smallest absolute Gasteiger partial charge is 0.237 e. The van der Waals surface area contributed by atoms with E-state index in [0.29, 0.717) is 0 Å². The second-order valence-corrected chi connectivity index (χ2v) is 4.33. The minimum absolute atomic E-state index is 0.0931. The molecule has 0 aliphatic carbocycles. The molecule has 0 aliphatic heterocycles. The molecule has 15 heavy (non-hydrogen) atoms. The second kappa shape index (κ2) is 6.56. The zero-order chi connectivity index (χ0) is 12.0. The molecule has 0 aromatic rings. The van der Waals surface area contributed by atoms with Crippen LogP contribution in [-0.2, 0) is 9.59 Å². The molecule has 2 unspecified atom stereocenters. The van der Waals surface area contributed by atoms with Crippen molar-refractivity contribution in [1.82, 2.24) is 5.32 Å². The van der Waals surface area contributed by atoms with Gasteiger partial charge in [-0.3, -0.25) is 4.79 Å². The van der Waals surface area contributed by atoms with Gasteiger partial charge in [-0.2, -0.15) is 0 Å². The Hall–Kier alpha value is -0.900. The van der Waals surface area contributed by atoms with Crippen molar-refractivity contribution in [3.05, 3.63) is 0 Å². The molecular weight excluding hydrogens is 192 g/mol. The third kappa shape index (κ3) is 4.42. The molecule has 4 nitrogen and oxygen atoms in total. The summed E-state index contributed by atoms with van der Waals surface area (Å²) >= 11 is 0. The normalized spacial score (nSPS) is 16.9. The third-order valence-corrected chi connectivity index (χ3v) is 2.73. The van der Waals surface area contributed by atoms with Gasteiger partial charge in [0.25, 0.3) is 0 Å². The van der Waals surface area contributed by atoms with Gasteiger partial charge in [-0.1, -0.05) is 34.1 Å². The van der Waals surface area contributed by atoms with Gasteiger partial charge in [0.1, 0.15) is 6.29 Å². The first-order chi connectivity index (χ1) is 6.93. The number of rotatable bonds is 6. The molecule has 0 fully saturated rings. The predicted molar refractivity (Wildman–Crippen MR) is 60.3 cm³/mol. The van der Waals surface area contributed by atoms with Crippen molar-refractivity contribution >= 4 is 12.2 Å². The van der Waals surface area contributed by atoms with Crippen molar-refractivity contribution in [2.24, 2.45) is 17.6 Å². The Labute approximate surface area is 91.6 Å². The first-order valence-corrected chi connectivity index (χ1v) is 5.45. The number of nitrogens with two attached hydrogens (primary N) is 1. The number of hydrogen-bond acceptors (Lipinski definition) is 3. The summed E-state index contributed by atoms with van der Waals surface area (Å²) in [5, 5.41) is 2.65. The Morgan fingerprint density at radius 3 is 2.27 bits per heavy atom. The van der Waals surface area contributed by atoms with Gasteiger partial charge >= 0.3 is 0 Å². The first-order valence-electron chi connectivity index (χ1n) is 5.45. The van der Waals surface area contributed by atoms with Gasteiger partial charge in [-0.05, 0) is 11.8 Å². The fourth-order valence-electron chi connectivity index (χ4n) is 1.13. The van der Waals surface area contributed by atoms with E-state index in [2.05, 4.69) is 5.32 Å². The Kier molecular flexibility index (Phi) is 6.17. The SMILES string of the molecule is CCC(C)C(N)C(=O)N[C@H](C=O)C(C)C. The largest absolute Gasteiger partial charge is 0.345 e. The number of carbonyl (C=O) groups is 2. The molecular formula is C11H22N2O2. The van der Waals surface area contributed by atoms with E-state index in [1.807, 2.05) is 27.7 Å². The Morgan fingerprint density at radius 1 is 1.40 bits per heavy atom. The summed E-state index contributed by atoms with van der Waals surface area (Å²) in [4.78, 5) is 22.3. The summed E-state index contributed by atoms with van der Waals surface area (Å²) < 4.78 is 0. The Bertz CT molecular complexity index is 217. The van der Waals surface area contributed by atoms with Crippen LogP contribution < -0.4 is 11.1 Å². The van der Waals surface area contributed by atoms with E-state index >= 15 is 0 Å². The molecule has 1 amide bonds.